The Morgan fingerprint density at radius 3 is 2.45 bits per heavy atom. The summed E-state index contributed by atoms with van der Waals surface area (Å²) in [7, 11) is 0. The van der Waals surface area contributed by atoms with Crippen LogP contribution in [0.2, 0.25) is 5.02 Å². The number of ether oxygens (including phenoxy) is 1. The van der Waals surface area contributed by atoms with Crippen molar-refractivity contribution in [2.75, 3.05) is 50.7 Å². The molecule has 2 aliphatic heterocycles. The highest BCUT2D eigenvalue weighted by atomic mass is 35.5. The summed E-state index contributed by atoms with van der Waals surface area (Å²) in [5.74, 6) is 1.98. The molecule has 0 unspecified atom stereocenters. The van der Waals surface area contributed by atoms with Crippen molar-refractivity contribution in [1.82, 2.24) is 35.3 Å². The molecule has 13 heteroatoms. The normalized spacial score (nSPS) is 20.3. The number of aromatic amines is 1. The second-order valence-corrected chi connectivity index (χ2v) is 15.1. The number of aromatic nitrogens is 4. The van der Waals surface area contributed by atoms with Crippen LogP contribution in [0.1, 0.15) is 78.2 Å². The first-order chi connectivity index (χ1) is 25.8. The summed E-state index contributed by atoms with van der Waals surface area (Å²) in [6, 6.07) is 13.3. The third-order valence-electron chi connectivity index (χ3n) is 11.2. The Balaban J connectivity index is 0.807. The number of carbonyl (C=O) groups excluding carboxylic acids is 1. The van der Waals surface area contributed by atoms with E-state index in [1.807, 2.05) is 38.2 Å². The molecule has 0 bridgehead atoms. The quantitative estimate of drug-likeness (QED) is 0.221. The molecule has 5 heterocycles. The van der Waals surface area contributed by atoms with Crippen molar-refractivity contribution in [3.63, 3.8) is 0 Å². The second kappa shape index (κ2) is 16.6. The smallest absolute Gasteiger partial charge is 0.272 e. The number of rotatable bonds is 10. The number of piperazine rings is 1. The minimum absolute atomic E-state index is 0.0223. The molecule has 3 aromatic heterocycles. The lowest BCUT2D eigenvalue weighted by Crippen LogP contribution is -2.48. The van der Waals surface area contributed by atoms with E-state index in [0.717, 1.165) is 124 Å². The number of aryl methyl sites for hydroxylation is 1. The molecule has 3 fully saturated rings. The van der Waals surface area contributed by atoms with Crippen LogP contribution in [0.5, 0.6) is 5.75 Å². The first-order valence-electron chi connectivity index (χ1n) is 19.0. The van der Waals surface area contributed by atoms with Gasteiger partial charge in [-0.2, -0.15) is 5.26 Å². The van der Waals surface area contributed by atoms with Gasteiger partial charge in [0.1, 0.15) is 11.8 Å². The summed E-state index contributed by atoms with van der Waals surface area (Å²) >= 11 is 6.31. The maximum Gasteiger partial charge on any atom is 0.272 e. The number of hydrogen-bond acceptors (Lipinski definition) is 10. The van der Waals surface area contributed by atoms with E-state index < -0.39 is 0 Å². The van der Waals surface area contributed by atoms with Crippen molar-refractivity contribution in [1.29, 1.82) is 5.26 Å². The predicted molar refractivity (Wildman–Crippen MR) is 205 cm³/mol. The van der Waals surface area contributed by atoms with Gasteiger partial charge in [0.05, 0.1) is 27.7 Å². The summed E-state index contributed by atoms with van der Waals surface area (Å²) in [5, 5.41) is 21.5. The van der Waals surface area contributed by atoms with Crippen molar-refractivity contribution < 1.29 is 9.53 Å². The van der Waals surface area contributed by atoms with Crippen molar-refractivity contribution in [2.45, 2.75) is 77.5 Å². The molecule has 1 aliphatic carbocycles. The van der Waals surface area contributed by atoms with Gasteiger partial charge in [0.2, 0.25) is 0 Å². The van der Waals surface area contributed by atoms with Crippen molar-refractivity contribution in [3.8, 4) is 11.8 Å². The van der Waals surface area contributed by atoms with Gasteiger partial charge in [-0.3, -0.25) is 19.5 Å². The minimum atomic E-state index is -0.197. The van der Waals surface area contributed by atoms with Crippen LogP contribution in [0.25, 0.3) is 11.0 Å². The van der Waals surface area contributed by atoms with Crippen LogP contribution in [-0.4, -0.2) is 93.8 Å². The number of piperidine rings is 1. The largest absolute Gasteiger partial charge is 0.490 e. The van der Waals surface area contributed by atoms with Gasteiger partial charge in [-0.25, -0.2) is 0 Å². The third kappa shape index (κ3) is 8.81. The topological polar surface area (TPSA) is 143 Å². The number of pyridine rings is 2. The molecule has 7 rings (SSSR count). The Bertz CT molecular complexity index is 2010. The summed E-state index contributed by atoms with van der Waals surface area (Å²) in [4.78, 5) is 40.3. The molecule has 0 radical (unpaired) electrons. The maximum absolute atomic E-state index is 13.0. The van der Waals surface area contributed by atoms with Gasteiger partial charge in [0.15, 0.2) is 11.5 Å². The summed E-state index contributed by atoms with van der Waals surface area (Å²) in [6.07, 6.45) is 8.13. The first-order valence-corrected chi connectivity index (χ1v) is 19.3. The van der Waals surface area contributed by atoms with E-state index in [0.29, 0.717) is 34.4 Å². The number of fused-ring (bicyclic) bond motifs is 1. The number of hydrogen-bond donors (Lipinski definition) is 2. The van der Waals surface area contributed by atoms with Crippen LogP contribution in [0.3, 0.4) is 0 Å². The number of H-pyrrole nitrogens is 1. The van der Waals surface area contributed by atoms with Gasteiger partial charge in [-0.05, 0) is 99.7 Å². The monoisotopic (exact) mass is 737 g/mol. The van der Waals surface area contributed by atoms with E-state index in [9.17, 15) is 14.9 Å². The number of halogens is 1. The molecule has 0 spiro atoms. The van der Waals surface area contributed by atoms with E-state index in [-0.39, 0.29) is 23.6 Å². The number of nitriles is 1. The van der Waals surface area contributed by atoms with Crippen LogP contribution < -0.4 is 20.5 Å². The zero-order valence-electron chi connectivity index (χ0n) is 30.6. The Labute approximate surface area is 315 Å². The van der Waals surface area contributed by atoms with E-state index >= 15 is 0 Å². The lowest BCUT2D eigenvalue weighted by atomic mass is 9.92. The molecule has 3 aliphatic rings. The summed E-state index contributed by atoms with van der Waals surface area (Å²) in [5.41, 5.74) is 5.08. The van der Waals surface area contributed by atoms with Crippen molar-refractivity contribution in [2.24, 2.45) is 5.92 Å². The van der Waals surface area contributed by atoms with E-state index in [4.69, 9.17) is 16.3 Å². The zero-order valence-corrected chi connectivity index (χ0v) is 31.4. The van der Waals surface area contributed by atoms with Gasteiger partial charge in [0, 0.05) is 75.7 Å². The van der Waals surface area contributed by atoms with Gasteiger partial charge in [-0.15, -0.1) is 10.2 Å². The first kappa shape index (κ1) is 36.8. The predicted octanol–water partition coefficient (Wildman–Crippen LogP) is 5.26. The van der Waals surface area contributed by atoms with Crippen LogP contribution in [0.4, 0.5) is 5.82 Å². The van der Waals surface area contributed by atoms with Gasteiger partial charge in [0.25, 0.3) is 11.5 Å². The molecule has 1 amide bonds. The van der Waals surface area contributed by atoms with Crippen LogP contribution >= 0.6 is 11.6 Å². The molecule has 1 saturated carbocycles. The van der Waals surface area contributed by atoms with E-state index in [1.54, 1.807) is 12.1 Å². The fraction of sp³-hybridized carbons (Fsp3) is 0.500. The molecule has 2 N–H and O–H groups in total. The lowest BCUT2D eigenvalue weighted by molar-refractivity contribution is 0.0887. The SMILES string of the molecule is CCc1cc2ncc(CN3CCN(CC4CCN(c5ccc(C(=O)NC6CCC(Oc7ccc(C#N)c(Cl)c7C)CC6)nn5)CC4)CC3)cc2[nH]c1=O. The zero-order chi connectivity index (χ0) is 36.9. The van der Waals surface area contributed by atoms with Crippen LogP contribution in [0, 0.1) is 24.2 Å². The minimum Gasteiger partial charge on any atom is -0.490 e. The number of nitrogens with one attached hydrogen (secondary N) is 2. The molecular formula is C40H48ClN9O3. The van der Waals surface area contributed by atoms with E-state index in [2.05, 4.69) is 52.3 Å². The Kier molecular flexibility index (Phi) is 11.5. The fourth-order valence-electron chi connectivity index (χ4n) is 7.87. The highest BCUT2D eigenvalue weighted by Crippen LogP contribution is 2.32. The number of anilines is 1. The van der Waals surface area contributed by atoms with Crippen molar-refractivity contribution >= 4 is 34.4 Å². The van der Waals surface area contributed by atoms with Gasteiger partial charge < -0.3 is 24.8 Å². The number of amides is 1. The molecule has 53 heavy (non-hydrogen) atoms. The Morgan fingerprint density at radius 1 is 1.00 bits per heavy atom. The van der Waals surface area contributed by atoms with Gasteiger partial charge >= 0.3 is 0 Å². The van der Waals surface area contributed by atoms with Crippen molar-refractivity contribution in [3.05, 3.63) is 85.9 Å². The molecule has 2 saturated heterocycles. The number of nitrogens with zero attached hydrogens (tertiary/aromatic N) is 7. The van der Waals surface area contributed by atoms with E-state index in [1.165, 1.54) is 0 Å². The average molecular weight is 738 g/mol. The lowest BCUT2D eigenvalue weighted by Gasteiger charge is -2.39. The summed E-state index contributed by atoms with van der Waals surface area (Å²) < 4.78 is 6.21. The molecule has 12 nitrogen and oxygen atoms in total. The van der Waals surface area contributed by atoms with Crippen LogP contribution in [-0.2, 0) is 13.0 Å². The third-order valence-corrected chi connectivity index (χ3v) is 11.7. The second-order valence-electron chi connectivity index (χ2n) is 14.8. The standard InChI is InChI=1S/C40H48ClN9O3/c1-3-29-21-34-35(45-39(29)51)20-28(23-43-34)25-49-18-16-48(17-19-49)24-27-12-14-50(15-13-27)37-11-9-33(46-47-37)40(52)44-31-5-7-32(8-6-31)53-36-10-4-30(22-42)38(41)26(36)2/h4,9-11,20-21,23,27,31-32H,3,5-8,12-19,24-25H2,1-2H3,(H,44,52)(H,45,51). The number of benzene rings is 1. The maximum atomic E-state index is 13.0. The summed E-state index contributed by atoms with van der Waals surface area (Å²) in [6.45, 7) is 11.8. The fourth-order valence-corrected chi connectivity index (χ4v) is 8.07. The average Bonchev–Trinajstić information content (AvgIpc) is 3.18. The Morgan fingerprint density at radius 2 is 1.75 bits per heavy atom. The highest BCUT2D eigenvalue weighted by molar-refractivity contribution is 6.32. The Hall–Kier alpha value is -4.57. The van der Waals surface area contributed by atoms with Gasteiger partial charge in [-0.1, -0.05) is 18.5 Å². The highest BCUT2D eigenvalue weighted by Gasteiger charge is 2.27. The molecule has 278 valence electrons. The molecular weight excluding hydrogens is 690 g/mol. The number of carbonyl (C=O) groups is 1. The van der Waals surface area contributed by atoms with Crippen LogP contribution in [0.15, 0.2) is 47.4 Å². The molecule has 4 aromatic rings. The molecule has 0 atom stereocenters. The molecule has 1 aromatic carbocycles.